The fraction of sp³-hybridized carbons (Fsp3) is 0.143. The molecule has 0 aliphatic rings. The van der Waals surface area contributed by atoms with Crippen molar-refractivity contribution in [3.05, 3.63) is 59.7 Å². The third kappa shape index (κ3) is 6.75. The zero-order valence-corrected chi connectivity index (χ0v) is 13.7. The van der Waals surface area contributed by atoms with Gasteiger partial charge in [0.1, 0.15) is 0 Å². The molecule has 0 amide bonds. The standard InChI is InChI=1S/C7H10N2.C7H9N.Y/c1-6-2-4-7(9-8)5-3-6;1-6-2-4-7(8)5-3-6;/h2-5,9H,8H2,1H3;2-5H,8H2,1H3;. The van der Waals surface area contributed by atoms with Crippen LogP contribution in [0.3, 0.4) is 0 Å². The predicted octanol–water partition coefficient (Wildman–Crippen LogP) is 2.86. The van der Waals surface area contributed by atoms with E-state index in [0.717, 1.165) is 11.4 Å². The van der Waals surface area contributed by atoms with Crippen LogP contribution >= 0.6 is 0 Å². The monoisotopic (exact) mass is 318 g/mol. The molecular weight excluding hydrogens is 299 g/mol. The summed E-state index contributed by atoms with van der Waals surface area (Å²) in [6.45, 7) is 4.08. The maximum Gasteiger partial charge on any atom is 0.0485 e. The van der Waals surface area contributed by atoms with Gasteiger partial charge in [-0.2, -0.15) is 0 Å². The Bertz CT molecular complexity index is 417. The molecule has 93 valence electrons. The molecular formula is C14H19N3Y. The first-order valence-corrected chi connectivity index (χ1v) is 5.47. The van der Waals surface area contributed by atoms with Gasteiger partial charge in [-0.25, -0.2) is 0 Å². The average molecular weight is 318 g/mol. The van der Waals surface area contributed by atoms with Crippen molar-refractivity contribution in [1.82, 2.24) is 0 Å². The second-order valence-corrected chi connectivity index (χ2v) is 3.92. The Hall–Kier alpha value is -0.896. The number of hydrazine groups is 1. The summed E-state index contributed by atoms with van der Waals surface area (Å²) in [4.78, 5) is 0. The van der Waals surface area contributed by atoms with E-state index in [2.05, 4.69) is 5.43 Å². The van der Waals surface area contributed by atoms with Gasteiger partial charge in [-0.15, -0.1) is 0 Å². The Morgan fingerprint density at radius 2 is 1.17 bits per heavy atom. The van der Waals surface area contributed by atoms with E-state index < -0.39 is 0 Å². The fourth-order valence-electron chi connectivity index (χ4n) is 1.22. The molecule has 4 heteroatoms. The molecule has 18 heavy (non-hydrogen) atoms. The molecule has 0 saturated heterocycles. The van der Waals surface area contributed by atoms with Crippen molar-refractivity contribution >= 4 is 11.4 Å². The molecule has 0 aliphatic heterocycles. The number of nitrogens with two attached hydrogens (primary N) is 2. The number of nitrogens with one attached hydrogen (secondary N) is 1. The Labute approximate surface area is 134 Å². The molecule has 0 aromatic heterocycles. The third-order valence-corrected chi connectivity index (χ3v) is 2.30. The molecule has 0 bridgehead atoms. The molecule has 2 rings (SSSR count). The number of benzene rings is 2. The van der Waals surface area contributed by atoms with Gasteiger partial charge in [-0.3, -0.25) is 5.84 Å². The van der Waals surface area contributed by atoms with Crippen molar-refractivity contribution < 1.29 is 32.7 Å². The first-order valence-electron chi connectivity index (χ1n) is 5.47. The van der Waals surface area contributed by atoms with E-state index >= 15 is 0 Å². The summed E-state index contributed by atoms with van der Waals surface area (Å²) in [6.07, 6.45) is 0. The van der Waals surface area contributed by atoms with Gasteiger partial charge in [-0.1, -0.05) is 35.4 Å². The van der Waals surface area contributed by atoms with Crippen molar-refractivity contribution in [3.63, 3.8) is 0 Å². The molecule has 0 heterocycles. The van der Waals surface area contributed by atoms with Gasteiger partial charge in [0.2, 0.25) is 0 Å². The first kappa shape index (κ1) is 17.1. The first-order chi connectivity index (χ1) is 8.11. The normalized spacial score (nSPS) is 8.61. The Kier molecular flexibility index (Phi) is 8.64. The molecule has 0 aliphatic carbocycles. The van der Waals surface area contributed by atoms with Crippen LogP contribution in [0.1, 0.15) is 11.1 Å². The molecule has 1 radical (unpaired) electrons. The summed E-state index contributed by atoms with van der Waals surface area (Å²) in [5, 5.41) is 0. The second-order valence-electron chi connectivity index (χ2n) is 3.92. The molecule has 0 fully saturated rings. The Morgan fingerprint density at radius 1 is 0.778 bits per heavy atom. The average Bonchev–Trinajstić information content (AvgIpc) is 2.35. The summed E-state index contributed by atoms with van der Waals surface area (Å²) in [5.74, 6) is 5.15. The minimum atomic E-state index is 0. The van der Waals surface area contributed by atoms with Gasteiger partial charge in [0.15, 0.2) is 0 Å². The molecule has 0 atom stereocenters. The fourth-order valence-corrected chi connectivity index (χ4v) is 1.22. The molecule has 0 saturated carbocycles. The van der Waals surface area contributed by atoms with Crippen LogP contribution in [0, 0.1) is 13.8 Å². The summed E-state index contributed by atoms with van der Waals surface area (Å²) in [5.41, 5.74) is 12.2. The summed E-state index contributed by atoms with van der Waals surface area (Å²) < 4.78 is 0. The van der Waals surface area contributed by atoms with Gasteiger partial charge >= 0.3 is 0 Å². The minimum Gasteiger partial charge on any atom is -0.399 e. The van der Waals surface area contributed by atoms with Crippen LogP contribution in [-0.4, -0.2) is 0 Å². The molecule has 2 aromatic carbocycles. The molecule has 3 nitrogen and oxygen atoms in total. The smallest absolute Gasteiger partial charge is 0.0485 e. The maximum absolute atomic E-state index is 5.43. The van der Waals surface area contributed by atoms with E-state index in [-0.39, 0.29) is 32.7 Å². The van der Waals surface area contributed by atoms with E-state index in [9.17, 15) is 0 Å². The van der Waals surface area contributed by atoms with Crippen molar-refractivity contribution in [2.24, 2.45) is 5.84 Å². The quantitative estimate of drug-likeness (QED) is 0.430. The van der Waals surface area contributed by atoms with E-state index in [1.807, 2.05) is 62.4 Å². The van der Waals surface area contributed by atoms with Crippen molar-refractivity contribution in [1.29, 1.82) is 0 Å². The molecule has 5 N–H and O–H groups in total. The zero-order chi connectivity index (χ0) is 12.7. The SMILES string of the molecule is Cc1ccc(N)cc1.Cc1ccc(NN)cc1.[Y]. The zero-order valence-electron chi connectivity index (χ0n) is 10.9. The Morgan fingerprint density at radius 3 is 1.50 bits per heavy atom. The van der Waals surface area contributed by atoms with E-state index in [1.54, 1.807) is 0 Å². The van der Waals surface area contributed by atoms with Gasteiger partial charge in [0.05, 0.1) is 0 Å². The van der Waals surface area contributed by atoms with Crippen LogP contribution in [0.4, 0.5) is 11.4 Å². The number of rotatable bonds is 1. The van der Waals surface area contributed by atoms with Crippen molar-refractivity contribution in [3.8, 4) is 0 Å². The molecule has 2 aromatic rings. The van der Waals surface area contributed by atoms with Crippen LogP contribution in [0.5, 0.6) is 0 Å². The minimum absolute atomic E-state index is 0. The summed E-state index contributed by atoms with van der Waals surface area (Å²) in [7, 11) is 0. The summed E-state index contributed by atoms with van der Waals surface area (Å²) >= 11 is 0. The van der Waals surface area contributed by atoms with E-state index in [0.29, 0.717) is 0 Å². The van der Waals surface area contributed by atoms with Crippen molar-refractivity contribution in [2.45, 2.75) is 13.8 Å². The third-order valence-electron chi connectivity index (χ3n) is 2.30. The van der Waals surface area contributed by atoms with Gasteiger partial charge in [-0.05, 0) is 38.1 Å². The molecule has 0 spiro atoms. The van der Waals surface area contributed by atoms with E-state index in [1.165, 1.54) is 11.1 Å². The number of hydrogen-bond acceptors (Lipinski definition) is 3. The maximum atomic E-state index is 5.43. The van der Waals surface area contributed by atoms with Gasteiger partial charge in [0, 0.05) is 44.1 Å². The van der Waals surface area contributed by atoms with Gasteiger partial charge < -0.3 is 11.2 Å². The van der Waals surface area contributed by atoms with Crippen LogP contribution < -0.4 is 17.0 Å². The van der Waals surface area contributed by atoms with Gasteiger partial charge in [0.25, 0.3) is 0 Å². The number of nitrogen functional groups attached to an aromatic ring is 2. The number of aryl methyl sites for hydroxylation is 2. The van der Waals surface area contributed by atoms with Crippen LogP contribution in [0.25, 0.3) is 0 Å². The van der Waals surface area contributed by atoms with Crippen LogP contribution in [0.15, 0.2) is 48.5 Å². The predicted molar refractivity (Wildman–Crippen MR) is 74.6 cm³/mol. The second kappa shape index (κ2) is 9.09. The van der Waals surface area contributed by atoms with E-state index in [4.69, 9.17) is 11.6 Å². The van der Waals surface area contributed by atoms with Crippen molar-refractivity contribution in [2.75, 3.05) is 11.2 Å². The Balaban J connectivity index is 0.000000306. The van der Waals surface area contributed by atoms with Crippen LogP contribution in [0.2, 0.25) is 0 Å². The summed E-state index contributed by atoms with van der Waals surface area (Å²) in [6, 6.07) is 15.7. The van der Waals surface area contributed by atoms with Crippen LogP contribution in [-0.2, 0) is 32.7 Å². The number of hydrogen-bond donors (Lipinski definition) is 3. The topological polar surface area (TPSA) is 64.1 Å². The largest absolute Gasteiger partial charge is 0.399 e. The molecule has 0 unspecified atom stereocenters. The number of anilines is 2.